The Kier molecular flexibility index (Phi) is 5.26. The number of fused-ring (bicyclic) bond motifs is 1. The molecule has 1 atom stereocenters. The number of nitrogens with zero attached hydrogens (tertiary/aromatic N) is 3. The number of methoxy groups -OCH3 is 1. The predicted molar refractivity (Wildman–Crippen MR) is 97.8 cm³/mol. The van der Waals surface area contributed by atoms with Crippen LogP contribution in [0.15, 0.2) is 52.7 Å². The van der Waals surface area contributed by atoms with Crippen molar-refractivity contribution in [3.8, 4) is 5.75 Å². The first-order valence-corrected chi connectivity index (χ1v) is 8.30. The summed E-state index contributed by atoms with van der Waals surface area (Å²) < 4.78 is 5.23. The summed E-state index contributed by atoms with van der Waals surface area (Å²) in [5.74, 6) is 0.629. The first kappa shape index (κ1) is 17.6. The largest absolute Gasteiger partial charge is 0.497 e. The lowest BCUT2D eigenvalue weighted by molar-refractivity contribution is -0.108. The number of azo groups is 1. The number of rotatable bonds is 6. The number of amides is 2. The molecule has 1 heterocycles. The number of carbonyl (C=O) groups excluding carboxylic acids is 2. The Labute approximate surface area is 151 Å². The maximum Gasteiger partial charge on any atom is 0.323 e. The number of hydrogen-bond acceptors (Lipinski definition) is 5. The maximum absolute atomic E-state index is 12.1. The van der Waals surface area contributed by atoms with Gasteiger partial charge in [0, 0.05) is 12.5 Å². The second-order valence-electron chi connectivity index (χ2n) is 5.93. The minimum Gasteiger partial charge on any atom is -0.497 e. The quantitative estimate of drug-likeness (QED) is 0.798. The zero-order valence-corrected chi connectivity index (χ0v) is 14.5. The molecule has 0 spiro atoms. The third kappa shape index (κ3) is 3.56. The van der Waals surface area contributed by atoms with E-state index in [0.717, 1.165) is 17.4 Å². The average Bonchev–Trinajstić information content (AvgIpc) is 2.66. The van der Waals surface area contributed by atoms with Crippen LogP contribution in [0.1, 0.15) is 30.0 Å². The Morgan fingerprint density at radius 1 is 1.31 bits per heavy atom. The summed E-state index contributed by atoms with van der Waals surface area (Å²) in [4.78, 5) is 24.3. The molecule has 26 heavy (non-hydrogen) atoms. The van der Waals surface area contributed by atoms with Gasteiger partial charge in [0.2, 0.25) is 0 Å². The molecule has 0 aliphatic carbocycles. The molecule has 0 bridgehead atoms. The Hall–Kier alpha value is -3.22. The number of hydrogen-bond donors (Lipinski definition) is 1. The fourth-order valence-corrected chi connectivity index (χ4v) is 3.05. The lowest BCUT2D eigenvalue weighted by atomic mass is 9.95. The highest BCUT2D eigenvalue weighted by Gasteiger charge is 2.22. The first-order valence-electron chi connectivity index (χ1n) is 8.30. The van der Waals surface area contributed by atoms with Crippen molar-refractivity contribution >= 4 is 23.7 Å². The number of urea groups is 1. The van der Waals surface area contributed by atoms with Crippen LogP contribution in [0.2, 0.25) is 0 Å². The number of primary amides is 1. The number of aldehydes is 1. The Bertz CT molecular complexity index is 850. The van der Waals surface area contributed by atoms with E-state index < -0.39 is 6.03 Å². The third-order valence-electron chi connectivity index (χ3n) is 4.30. The van der Waals surface area contributed by atoms with Gasteiger partial charge in [0.15, 0.2) is 0 Å². The van der Waals surface area contributed by atoms with Gasteiger partial charge in [-0.3, -0.25) is 4.90 Å². The van der Waals surface area contributed by atoms with E-state index in [4.69, 9.17) is 10.5 Å². The van der Waals surface area contributed by atoms with Crippen LogP contribution in [0, 0.1) is 0 Å². The summed E-state index contributed by atoms with van der Waals surface area (Å²) in [6.07, 6.45) is 1.86. The summed E-state index contributed by atoms with van der Waals surface area (Å²) in [6.45, 7) is 0.489. The summed E-state index contributed by atoms with van der Waals surface area (Å²) >= 11 is 0. The molecule has 1 aliphatic heterocycles. The zero-order valence-electron chi connectivity index (χ0n) is 14.5. The van der Waals surface area contributed by atoms with Crippen LogP contribution in [-0.4, -0.2) is 19.4 Å². The number of nitrogens with two attached hydrogens (primary N) is 1. The molecular formula is C19H20N4O3. The molecule has 1 aliphatic rings. The minimum absolute atomic E-state index is 0.191. The summed E-state index contributed by atoms with van der Waals surface area (Å²) in [6, 6.07) is 12.0. The molecule has 2 aromatic rings. The molecule has 2 amide bonds. The lowest BCUT2D eigenvalue weighted by Crippen LogP contribution is -2.31. The molecule has 0 aromatic heterocycles. The van der Waals surface area contributed by atoms with E-state index in [1.165, 1.54) is 4.90 Å². The van der Waals surface area contributed by atoms with Crippen molar-refractivity contribution in [2.75, 3.05) is 12.0 Å². The van der Waals surface area contributed by atoms with Gasteiger partial charge in [-0.1, -0.05) is 12.1 Å². The molecule has 7 nitrogen and oxygen atoms in total. The van der Waals surface area contributed by atoms with Crippen molar-refractivity contribution < 1.29 is 14.3 Å². The number of carbonyl (C=O) groups is 2. The number of benzene rings is 2. The van der Waals surface area contributed by atoms with Crippen LogP contribution in [0.5, 0.6) is 5.75 Å². The molecule has 7 heteroatoms. The highest BCUT2D eigenvalue weighted by atomic mass is 16.5. The van der Waals surface area contributed by atoms with E-state index in [-0.39, 0.29) is 6.04 Å². The van der Waals surface area contributed by atoms with Crippen LogP contribution in [0.3, 0.4) is 0 Å². The van der Waals surface area contributed by atoms with Gasteiger partial charge in [-0.25, -0.2) is 4.79 Å². The lowest BCUT2D eigenvalue weighted by Gasteiger charge is -2.25. The third-order valence-corrected chi connectivity index (χ3v) is 4.30. The summed E-state index contributed by atoms with van der Waals surface area (Å²) in [7, 11) is 1.56. The van der Waals surface area contributed by atoms with Crippen LogP contribution >= 0.6 is 0 Å². The number of ether oxygens (including phenoxy) is 1. The highest BCUT2D eigenvalue weighted by Crippen LogP contribution is 2.36. The minimum atomic E-state index is -0.597. The molecule has 134 valence electrons. The van der Waals surface area contributed by atoms with Gasteiger partial charge in [-0.15, -0.1) is 0 Å². The van der Waals surface area contributed by atoms with Crippen LogP contribution in [0.4, 0.5) is 16.2 Å². The van der Waals surface area contributed by atoms with Gasteiger partial charge in [-0.2, -0.15) is 10.2 Å². The van der Waals surface area contributed by atoms with Gasteiger partial charge in [0.1, 0.15) is 12.0 Å². The van der Waals surface area contributed by atoms with Crippen LogP contribution < -0.4 is 15.4 Å². The van der Waals surface area contributed by atoms with Crippen molar-refractivity contribution in [2.24, 2.45) is 16.0 Å². The highest BCUT2D eigenvalue weighted by molar-refractivity contribution is 5.98. The first-order chi connectivity index (χ1) is 12.6. The molecular weight excluding hydrogens is 332 g/mol. The van der Waals surface area contributed by atoms with E-state index in [2.05, 4.69) is 10.2 Å². The monoisotopic (exact) mass is 352 g/mol. The Morgan fingerprint density at radius 3 is 2.85 bits per heavy atom. The molecule has 2 aromatic carbocycles. The average molecular weight is 352 g/mol. The SMILES string of the molecule is COc1cccc(N(C(N)=O)c2ccc3c(c2)C(CCC=O)N=NC3)c1. The molecule has 0 radical (unpaired) electrons. The van der Waals surface area contributed by atoms with E-state index in [1.54, 1.807) is 31.4 Å². The molecule has 0 saturated heterocycles. The predicted octanol–water partition coefficient (Wildman–Crippen LogP) is 3.90. The van der Waals surface area contributed by atoms with E-state index in [0.29, 0.717) is 36.5 Å². The Morgan fingerprint density at radius 2 is 2.12 bits per heavy atom. The normalized spacial score (nSPS) is 15.2. The van der Waals surface area contributed by atoms with Gasteiger partial charge in [0.05, 0.1) is 31.1 Å². The topological polar surface area (TPSA) is 97.3 Å². The van der Waals surface area contributed by atoms with Gasteiger partial charge in [0.25, 0.3) is 0 Å². The summed E-state index contributed by atoms with van der Waals surface area (Å²) in [5.41, 5.74) is 8.89. The fourth-order valence-electron chi connectivity index (χ4n) is 3.05. The molecule has 0 fully saturated rings. The molecule has 2 N–H and O–H groups in total. The second kappa shape index (κ2) is 7.77. The molecule has 1 unspecified atom stereocenters. The van der Waals surface area contributed by atoms with Crippen LogP contribution in [0.25, 0.3) is 0 Å². The van der Waals surface area contributed by atoms with Gasteiger partial charge < -0.3 is 15.3 Å². The van der Waals surface area contributed by atoms with Crippen LogP contribution in [-0.2, 0) is 11.3 Å². The maximum atomic E-state index is 12.1. The molecule has 0 saturated carbocycles. The fraction of sp³-hybridized carbons (Fsp3) is 0.263. The van der Waals surface area contributed by atoms with Crippen molar-refractivity contribution in [3.63, 3.8) is 0 Å². The molecule has 3 rings (SSSR count). The van der Waals surface area contributed by atoms with E-state index >= 15 is 0 Å². The van der Waals surface area contributed by atoms with Gasteiger partial charge >= 0.3 is 6.03 Å². The van der Waals surface area contributed by atoms with Gasteiger partial charge in [-0.05, 0) is 41.8 Å². The van der Waals surface area contributed by atoms with E-state index in [9.17, 15) is 9.59 Å². The zero-order chi connectivity index (χ0) is 18.5. The van der Waals surface area contributed by atoms with Crippen molar-refractivity contribution in [1.82, 2.24) is 0 Å². The van der Waals surface area contributed by atoms with Crippen molar-refractivity contribution in [2.45, 2.75) is 25.4 Å². The summed E-state index contributed by atoms with van der Waals surface area (Å²) in [5, 5.41) is 8.40. The smallest absolute Gasteiger partial charge is 0.323 e. The van der Waals surface area contributed by atoms with Crippen molar-refractivity contribution in [1.29, 1.82) is 0 Å². The number of anilines is 2. The second-order valence-corrected chi connectivity index (χ2v) is 5.93. The van der Waals surface area contributed by atoms with Crippen molar-refractivity contribution in [3.05, 3.63) is 53.6 Å². The standard InChI is InChI=1S/C19H20N4O3/c1-26-16-5-2-4-14(10-16)23(19(20)25)15-8-7-13-12-21-22-18(6-3-9-24)17(13)11-15/h2,4-5,7-11,18H,3,6,12H2,1H3,(H2,20,25). The Balaban J connectivity index is 2.01. The van der Waals surface area contributed by atoms with E-state index in [1.807, 2.05) is 18.2 Å².